The molecular formula is C11H23N3S. The van der Waals surface area contributed by atoms with E-state index >= 15 is 0 Å². The smallest absolute Gasteiger partial charge is 0.0349 e. The molecule has 2 fully saturated rings. The highest BCUT2D eigenvalue weighted by atomic mass is 32.2. The number of piperazine rings is 1. The second-order valence-corrected chi connectivity index (χ2v) is 6.31. The summed E-state index contributed by atoms with van der Waals surface area (Å²) in [4.78, 5) is 5.07. The number of nitrogens with zero attached hydrogens (tertiary/aromatic N) is 2. The van der Waals surface area contributed by atoms with Gasteiger partial charge in [0, 0.05) is 43.5 Å². The monoisotopic (exact) mass is 229 g/mol. The Morgan fingerprint density at radius 1 is 1.40 bits per heavy atom. The molecule has 0 aromatic carbocycles. The van der Waals surface area contributed by atoms with Crippen LogP contribution in [-0.2, 0) is 0 Å². The molecule has 3 unspecified atom stereocenters. The van der Waals surface area contributed by atoms with E-state index in [9.17, 15) is 0 Å². The van der Waals surface area contributed by atoms with Gasteiger partial charge in [-0.2, -0.15) is 11.8 Å². The lowest BCUT2D eigenvalue weighted by atomic mass is 10.0. The first kappa shape index (κ1) is 11.7. The van der Waals surface area contributed by atoms with Crippen molar-refractivity contribution in [3.8, 4) is 0 Å². The average molecular weight is 229 g/mol. The minimum absolute atomic E-state index is 0.579. The number of hydrogen-bond donors (Lipinski definition) is 1. The molecule has 2 rings (SSSR count). The topological polar surface area (TPSA) is 32.5 Å². The molecule has 2 saturated heterocycles. The Hall–Kier alpha value is 0.230. The number of hydrogen-bond acceptors (Lipinski definition) is 4. The van der Waals surface area contributed by atoms with Gasteiger partial charge in [-0.25, -0.2) is 0 Å². The van der Waals surface area contributed by atoms with Gasteiger partial charge in [-0.3, -0.25) is 4.90 Å². The molecule has 4 heteroatoms. The van der Waals surface area contributed by atoms with Crippen LogP contribution >= 0.6 is 11.8 Å². The number of rotatable bonds is 2. The SMILES string of the molecule is CC1SCCC1N1CCN(C)CC1CN. The van der Waals surface area contributed by atoms with Crippen LogP contribution < -0.4 is 5.73 Å². The maximum atomic E-state index is 5.89. The molecule has 0 bridgehead atoms. The Balaban J connectivity index is 2.00. The van der Waals surface area contributed by atoms with Crippen molar-refractivity contribution in [2.45, 2.75) is 30.7 Å². The van der Waals surface area contributed by atoms with Gasteiger partial charge >= 0.3 is 0 Å². The Kier molecular flexibility index (Phi) is 3.93. The zero-order valence-corrected chi connectivity index (χ0v) is 10.7. The molecule has 2 aliphatic rings. The van der Waals surface area contributed by atoms with Crippen LogP contribution in [0.15, 0.2) is 0 Å². The lowest BCUT2D eigenvalue weighted by Crippen LogP contribution is -2.59. The highest BCUT2D eigenvalue weighted by Gasteiger charge is 2.35. The fourth-order valence-corrected chi connectivity index (χ4v) is 4.09. The van der Waals surface area contributed by atoms with Crippen molar-refractivity contribution in [2.75, 3.05) is 39.0 Å². The Morgan fingerprint density at radius 3 is 2.80 bits per heavy atom. The maximum Gasteiger partial charge on any atom is 0.0349 e. The molecule has 3 nitrogen and oxygen atoms in total. The molecule has 0 radical (unpaired) electrons. The summed E-state index contributed by atoms with van der Waals surface area (Å²) >= 11 is 2.12. The van der Waals surface area contributed by atoms with Crippen molar-refractivity contribution in [3.63, 3.8) is 0 Å². The quantitative estimate of drug-likeness (QED) is 0.745. The van der Waals surface area contributed by atoms with E-state index in [0.29, 0.717) is 6.04 Å². The fraction of sp³-hybridized carbons (Fsp3) is 1.00. The zero-order chi connectivity index (χ0) is 10.8. The number of nitrogens with two attached hydrogens (primary N) is 1. The van der Waals surface area contributed by atoms with E-state index in [0.717, 1.165) is 24.4 Å². The van der Waals surface area contributed by atoms with E-state index in [4.69, 9.17) is 5.73 Å². The van der Waals surface area contributed by atoms with Crippen molar-refractivity contribution in [3.05, 3.63) is 0 Å². The minimum atomic E-state index is 0.579. The summed E-state index contributed by atoms with van der Waals surface area (Å²) in [5.41, 5.74) is 5.89. The Morgan fingerprint density at radius 2 is 2.20 bits per heavy atom. The van der Waals surface area contributed by atoms with Crippen molar-refractivity contribution >= 4 is 11.8 Å². The molecular weight excluding hydrogens is 206 g/mol. The van der Waals surface area contributed by atoms with Crippen LogP contribution in [0.3, 0.4) is 0 Å². The van der Waals surface area contributed by atoms with Gasteiger partial charge in [0.05, 0.1) is 0 Å². The molecule has 2 heterocycles. The second-order valence-electron chi connectivity index (χ2n) is 4.82. The highest BCUT2D eigenvalue weighted by molar-refractivity contribution is 8.00. The Labute approximate surface area is 97.4 Å². The normalized spacial score (nSPS) is 39.8. The van der Waals surface area contributed by atoms with E-state index in [1.165, 1.54) is 25.3 Å². The van der Waals surface area contributed by atoms with Gasteiger partial charge < -0.3 is 10.6 Å². The molecule has 3 atom stereocenters. The molecule has 0 aliphatic carbocycles. The fourth-order valence-electron chi connectivity index (χ4n) is 2.83. The van der Waals surface area contributed by atoms with Gasteiger partial charge in [-0.05, 0) is 19.2 Å². The lowest BCUT2D eigenvalue weighted by molar-refractivity contribution is 0.0577. The van der Waals surface area contributed by atoms with Crippen molar-refractivity contribution in [1.82, 2.24) is 9.80 Å². The van der Waals surface area contributed by atoms with Crippen LogP contribution in [0.2, 0.25) is 0 Å². The third-order valence-corrected chi connectivity index (χ3v) is 5.08. The van der Waals surface area contributed by atoms with Gasteiger partial charge in [0.2, 0.25) is 0 Å². The average Bonchev–Trinajstić information content (AvgIpc) is 2.64. The zero-order valence-electron chi connectivity index (χ0n) is 9.85. The second kappa shape index (κ2) is 5.04. The molecule has 15 heavy (non-hydrogen) atoms. The van der Waals surface area contributed by atoms with Gasteiger partial charge in [-0.15, -0.1) is 0 Å². The Bertz CT molecular complexity index is 212. The summed E-state index contributed by atoms with van der Waals surface area (Å²) in [7, 11) is 2.20. The summed E-state index contributed by atoms with van der Waals surface area (Å²) in [6.45, 7) is 6.72. The number of likely N-dealkylation sites (N-methyl/N-ethyl adjacent to an activating group) is 1. The summed E-state index contributed by atoms with van der Waals surface area (Å²) in [6.07, 6.45) is 1.35. The maximum absolute atomic E-state index is 5.89. The first-order chi connectivity index (χ1) is 7.22. The van der Waals surface area contributed by atoms with E-state index in [-0.39, 0.29) is 0 Å². The number of thioether (sulfide) groups is 1. The molecule has 0 saturated carbocycles. The predicted octanol–water partition coefficient (Wildman–Crippen LogP) is 0.455. The summed E-state index contributed by atoms with van der Waals surface area (Å²) in [5, 5.41) is 0.794. The van der Waals surface area contributed by atoms with Crippen molar-refractivity contribution in [1.29, 1.82) is 0 Å². The molecule has 0 amide bonds. The predicted molar refractivity (Wildman–Crippen MR) is 67.4 cm³/mol. The van der Waals surface area contributed by atoms with Gasteiger partial charge in [0.25, 0.3) is 0 Å². The summed E-state index contributed by atoms with van der Waals surface area (Å²) in [6, 6.07) is 1.35. The van der Waals surface area contributed by atoms with E-state index in [1.54, 1.807) is 0 Å². The third kappa shape index (κ3) is 2.49. The van der Waals surface area contributed by atoms with Crippen molar-refractivity contribution < 1.29 is 0 Å². The largest absolute Gasteiger partial charge is 0.329 e. The molecule has 0 spiro atoms. The molecule has 88 valence electrons. The molecule has 2 aliphatic heterocycles. The van der Waals surface area contributed by atoms with Gasteiger partial charge in [0.15, 0.2) is 0 Å². The summed E-state index contributed by atoms with van der Waals surface area (Å²) < 4.78 is 0. The van der Waals surface area contributed by atoms with Crippen LogP contribution in [0.25, 0.3) is 0 Å². The molecule has 0 aromatic rings. The highest BCUT2D eigenvalue weighted by Crippen LogP contribution is 2.31. The van der Waals surface area contributed by atoms with E-state index < -0.39 is 0 Å². The third-order valence-electron chi connectivity index (χ3n) is 3.77. The van der Waals surface area contributed by atoms with E-state index in [1.807, 2.05) is 0 Å². The van der Waals surface area contributed by atoms with Crippen LogP contribution in [-0.4, -0.2) is 66.1 Å². The van der Waals surface area contributed by atoms with Crippen LogP contribution in [0, 0.1) is 0 Å². The standard InChI is InChI=1S/C11H23N3S/c1-9-11(3-6-15-9)14-5-4-13(2)8-10(14)7-12/h9-11H,3-8,12H2,1-2H3. The van der Waals surface area contributed by atoms with Crippen LogP contribution in [0.1, 0.15) is 13.3 Å². The molecule has 0 aromatic heterocycles. The first-order valence-electron chi connectivity index (χ1n) is 5.98. The minimum Gasteiger partial charge on any atom is -0.329 e. The van der Waals surface area contributed by atoms with Crippen LogP contribution in [0.5, 0.6) is 0 Å². The summed E-state index contributed by atoms with van der Waals surface area (Å²) in [5.74, 6) is 1.33. The van der Waals surface area contributed by atoms with Crippen molar-refractivity contribution in [2.24, 2.45) is 5.73 Å². The van der Waals surface area contributed by atoms with E-state index in [2.05, 4.69) is 35.5 Å². The van der Waals surface area contributed by atoms with Gasteiger partial charge in [0.1, 0.15) is 0 Å². The van der Waals surface area contributed by atoms with Crippen LogP contribution in [0.4, 0.5) is 0 Å². The lowest BCUT2D eigenvalue weighted by Gasteiger charge is -2.44. The first-order valence-corrected chi connectivity index (χ1v) is 7.03. The van der Waals surface area contributed by atoms with Gasteiger partial charge in [-0.1, -0.05) is 6.92 Å². The molecule has 2 N–H and O–H groups in total.